The summed E-state index contributed by atoms with van der Waals surface area (Å²) in [7, 11) is -0.672. The van der Waals surface area contributed by atoms with Crippen LogP contribution in [-0.2, 0) is 14.8 Å². The molecule has 0 saturated heterocycles. The van der Waals surface area contributed by atoms with Crippen LogP contribution in [0.1, 0.15) is 24.5 Å². The third-order valence-electron chi connectivity index (χ3n) is 4.58. The van der Waals surface area contributed by atoms with E-state index in [9.17, 15) is 13.2 Å². The second-order valence-corrected chi connectivity index (χ2v) is 8.69. The summed E-state index contributed by atoms with van der Waals surface area (Å²) in [6.45, 7) is 5.49. The number of anilines is 2. The van der Waals surface area contributed by atoms with Gasteiger partial charge < -0.3 is 14.8 Å². The van der Waals surface area contributed by atoms with E-state index in [4.69, 9.17) is 9.47 Å². The molecule has 0 aliphatic heterocycles. The van der Waals surface area contributed by atoms with E-state index in [1.807, 2.05) is 26.0 Å². The van der Waals surface area contributed by atoms with Crippen LogP contribution in [0.4, 0.5) is 11.4 Å². The summed E-state index contributed by atoms with van der Waals surface area (Å²) in [5.41, 5.74) is 2.68. The highest BCUT2D eigenvalue weighted by Crippen LogP contribution is 2.31. The summed E-state index contributed by atoms with van der Waals surface area (Å²) in [6.07, 6.45) is 1.42. The maximum atomic E-state index is 13.1. The zero-order valence-electron chi connectivity index (χ0n) is 17.6. The number of amides is 1. The topological polar surface area (TPSA) is 84.9 Å². The molecule has 0 fully saturated rings. The fourth-order valence-corrected chi connectivity index (χ4v) is 4.39. The molecule has 0 heterocycles. The average molecular weight is 421 g/mol. The van der Waals surface area contributed by atoms with Gasteiger partial charge >= 0.3 is 0 Å². The van der Waals surface area contributed by atoms with Crippen molar-refractivity contribution in [3.05, 3.63) is 47.5 Å². The quantitative estimate of drug-likeness (QED) is 0.706. The van der Waals surface area contributed by atoms with Crippen LogP contribution in [0.2, 0.25) is 0 Å². The van der Waals surface area contributed by atoms with Crippen molar-refractivity contribution in [2.75, 3.05) is 30.1 Å². The predicted molar refractivity (Wildman–Crippen MR) is 115 cm³/mol. The molecule has 0 spiro atoms. The Kier molecular flexibility index (Phi) is 7.13. The van der Waals surface area contributed by atoms with E-state index in [1.54, 1.807) is 31.2 Å². The lowest BCUT2D eigenvalue weighted by molar-refractivity contribution is -0.117. The van der Waals surface area contributed by atoms with E-state index >= 15 is 0 Å². The van der Waals surface area contributed by atoms with Crippen LogP contribution < -0.4 is 19.1 Å². The lowest BCUT2D eigenvalue weighted by atomic mass is 10.1. The van der Waals surface area contributed by atoms with Gasteiger partial charge in [0, 0.05) is 11.8 Å². The van der Waals surface area contributed by atoms with Gasteiger partial charge in [-0.15, -0.1) is 0 Å². The fraction of sp³-hybridized carbons (Fsp3) is 0.381. The number of hydrogen-bond donors (Lipinski definition) is 1. The number of rotatable bonds is 8. The molecule has 1 amide bonds. The molecule has 0 saturated carbocycles. The standard InChI is InChI=1S/C21H28N2O5S/c1-7-17(21(24)22-16-10-11-19(27-4)20(13-16)28-5)23(29(6,25)26)18-12-14(2)8-9-15(18)3/h8-13,17H,7H2,1-6H3,(H,22,24)/t17-/m1/s1. The molecule has 1 N–H and O–H groups in total. The second kappa shape index (κ2) is 9.17. The minimum Gasteiger partial charge on any atom is -0.493 e. The first-order valence-corrected chi connectivity index (χ1v) is 11.1. The first-order valence-electron chi connectivity index (χ1n) is 9.21. The van der Waals surface area contributed by atoms with Gasteiger partial charge in [0.25, 0.3) is 0 Å². The average Bonchev–Trinajstić information content (AvgIpc) is 2.66. The zero-order chi connectivity index (χ0) is 21.8. The first-order chi connectivity index (χ1) is 13.6. The minimum absolute atomic E-state index is 0.305. The minimum atomic E-state index is -3.70. The van der Waals surface area contributed by atoms with Crippen molar-refractivity contribution in [2.45, 2.75) is 33.2 Å². The number of carbonyl (C=O) groups excluding carboxylic acids is 1. The Morgan fingerprint density at radius 2 is 1.72 bits per heavy atom. The molecule has 29 heavy (non-hydrogen) atoms. The predicted octanol–water partition coefficient (Wildman–Crippen LogP) is 3.50. The van der Waals surface area contributed by atoms with Gasteiger partial charge in [0.1, 0.15) is 6.04 Å². The van der Waals surface area contributed by atoms with E-state index in [-0.39, 0.29) is 0 Å². The number of ether oxygens (including phenoxy) is 2. The van der Waals surface area contributed by atoms with E-state index in [2.05, 4.69) is 5.32 Å². The molecule has 2 aromatic carbocycles. The molecule has 2 aromatic rings. The molecule has 8 heteroatoms. The summed E-state index contributed by atoms with van der Waals surface area (Å²) < 4.78 is 37.0. The van der Waals surface area contributed by atoms with Crippen LogP contribution in [0, 0.1) is 13.8 Å². The van der Waals surface area contributed by atoms with E-state index in [0.29, 0.717) is 29.3 Å². The number of methoxy groups -OCH3 is 2. The highest BCUT2D eigenvalue weighted by Gasteiger charge is 2.32. The van der Waals surface area contributed by atoms with Gasteiger partial charge in [-0.05, 0) is 49.6 Å². The Morgan fingerprint density at radius 1 is 1.07 bits per heavy atom. The molecular weight excluding hydrogens is 392 g/mol. The smallest absolute Gasteiger partial charge is 0.248 e. The van der Waals surface area contributed by atoms with Crippen molar-refractivity contribution in [1.82, 2.24) is 0 Å². The number of nitrogens with one attached hydrogen (secondary N) is 1. The van der Waals surface area contributed by atoms with Gasteiger partial charge in [-0.1, -0.05) is 19.1 Å². The van der Waals surface area contributed by atoms with Crippen LogP contribution >= 0.6 is 0 Å². The van der Waals surface area contributed by atoms with Gasteiger partial charge in [0.2, 0.25) is 15.9 Å². The molecular formula is C21H28N2O5S. The Hall–Kier alpha value is -2.74. The monoisotopic (exact) mass is 420 g/mol. The van der Waals surface area contributed by atoms with Crippen LogP contribution in [-0.4, -0.2) is 40.8 Å². The number of carbonyl (C=O) groups is 1. The van der Waals surface area contributed by atoms with Crippen molar-refractivity contribution >= 4 is 27.3 Å². The molecule has 0 bridgehead atoms. The van der Waals surface area contributed by atoms with Crippen molar-refractivity contribution < 1.29 is 22.7 Å². The third-order valence-corrected chi connectivity index (χ3v) is 5.75. The number of aryl methyl sites for hydroxylation is 2. The highest BCUT2D eigenvalue weighted by atomic mass is 32.2. The Bertz CT molecular complexity index is 989. The highest BCUT2D eigenvalue weighted by molar-refractivity contribution is 7.92. The normalized spacial score (nSPS) is 12.2. The van der Waals surface area contributed by atoms with Crippen LogP contribution in [0.5, 0.6) is 11.5 Å². The lowest BCUT2D eigenvalue weighted by Crippen LogP contribution is -2.47. The molecule has 0 aromatic heterocycles. The van der Waals surface area contributed by atoms with Gasteiger partial charge in [0.05, 0.1) is 26.2 Å². The largest absolute Gasteiger partial charge is 0.493 e. The number of nitrogens with zero attached hydrogens (tertiary/aromatic N) is 1. The van der Waals surface area contributed by atoms with Crippen molar-refractivity contribution in [2.24, 2.45) is 0 Å². The van der Waals surface area contributed by atoms with Gasteiger partial charge in [-0.3, -0.25) is 9.10 Å². The second-order valence-electron chi connectivity index (χ2n) is 6.83. The molecule has 0 aliphatic rings. The number of sulfonamides is 1. The van der Waals surface area contributed by atoms with Crippen LogP contribution in [0.25, 0.3) is 0 Å². The van der Waals surface area contributed by atoms with Gasteiger partial charge in [-0.25, -0.2) is 8.42 Å². The Balaban J connectivity index is 2.43. The fourth-order valence-electron chi connectivity index (χ4n) is 3.13. The summed E-state index contributed by atoms with van der Waals surface area (Å²) in [4.78, 5) is 13.1. The van der Waals surface area contributed by atoms with Gasteiger partial charge in [-0.2, -0.15) is 0 Å². The Labute approximate surface area is 172 Å². The van der Waals surface area contributed by atoms with Gasteiger partial charge in [0.15, 0.2) is 11.5 Å². The van der Waals surface area contributed by atoms with Crippen LogP contribution in [0.15, 0.2) is 36.4 Å². The molecule has 2 rings (SSSR count). The maximum absolute atomic E-state index is 13.1. The number of benzene rings is 2. The van der Waals surface area contributed by atoms with Crippen molar-refractivity contribution in [3.8, 4) is 11.5 Å². The summed E-state index contributed by atoms with van der Waals surface area (Å²) in [6, 6.07) is 9.61. The lowest BCUT2D eigenvalue weighted by Gasteiger charge is -2.31. The van der Waals surface area contributed by atoms with Crippen molar-refractivity contribution in [1.29, 1.82) is 0 Å². The first kappa shape index (κ1) is 22.5. The molecule has 0 radical (unpaired) electrons. The molecule has 1 atom stereocenters. The zero-order valence-corrected chi connectivity index (χ0v) is 18.5. The third kappa shape index (κ3) is 5.20. The number of hydrogen-bond acceptors (Lipinski definition) is 5. The van der Waals surface area contributed by atoms with E-state index in [0.717, 1.165) is 17.4 Å². The van der Waals surface area contributed by atoms with Crippen LogP contribution in [0.3, 0.4) is 0 Å². The SMILES string of the molecule is CC[C@H](C(=O)Nc1ccc(OC)c(OC)c1)N(c1cc(C)ccc1C)S(C)(=O)=O. The van der Waals surface area contributed by atoms with E-state index < -0.39 is 22.0 Å². The Morgan fingerprint density at radius 3 is 2.28 bits per heavy atom. The van der Waals surface area contributed by atoms with E-state index in [1.165, 1.54) is 18.5 Å². The molecule has 0 aliphatic carbocycles. The molecule has 7 nitrogen and oxygen atoms in total. The molecule has 0 unspecified atom stereocenters. The summed E-state index contributed by atoms with van der Waals surface area (Å²) in [5.74, 6) is 0.574. The van der Waals surface area contributed by atoms with Crippen molar-refractivity contribution in [3.63, 3.8) is 0 Å². The summed E-state index contributed by atoms with van der Waals surface area (Å²) >= 11 is 0. The maximum Gasteiger partial charge on any atom is 0.248 e. The molecule has 158 valence electrons. The summed E-state index contributed by atoms with van der Waals surface area (Å²) in [5, 5.41) is 2.79.